The second-order valence-corrected chi connectivity index (χ2v) is 8.51. The second kappa shape index (κ2) is 8.93. The maximum absolute atomic E-state index is 13.5. The van der Waals surface area contributed by atoms with Crippen molar-refractivity contribution < 1.29 is 14.3 Å². The molecule has 4 rings (SSSR count). The molecule has 0 unspecified atom stereocenters. The third-order valence-corrected chi connectivity index (χ3v) is 6.56. The van der Waals surface area contributed by atoms with Gasteiger partial charge in [0.1, 0.15) is 0 Å². The van der Waals surface area contributed by atoms with Gasteiger partial charge in [-0.1, -0.05) is 47.5 Å². The van der Waals surface area contributed by atoms with Gasteiger partial charge in [0.2, 0.25) is 0 Å². The SMILES string of the molecule is COC(=O)C1=C(C)N(c2ccccc2)C(=O)/C1=C\c1cc(C)n(-c2cccc(Cl)c2Cl)c1C. The molecule has 0 bridgehead atoms. The Morgan fingerprint density at radius 3 is 2.36 bits per heavy atom. The molecule has 0 saturated heterocycles. The lowest BCUT2D eigenvalue weighted by molar-refractivity contribution is -0.136. The van der Waals surface area contributed by atoms with Crippen LogP contribution in [0, 0.1) is 13.8 Å². The summed E-state index contributed by atoms with van der Waals surface area (Å²) < 4.78 is 6.98. The molecule has 2 aromatic carbocycles. The van der Waals surface area contributed by atoms with Gasteiger partial charge in [0.25, 0.3) is 5.91 Å². The lowest BCUT2D eigenvalue weighted by Gasteiger charge is -2.17. The average molecular weight is 481 g/mol. The second-order valence-electron chi connectivity index (χ2n) is 7.72. The van der Waals surface area contributed by atoms with Gasteiger partial charge in [0, 0.05) is 22.8 Å². The number of hydrogen-bond donors (Lipinski definition) is 0. The number of aryl methyl sites for hydroxylation is 1. The van der Waals surface area contributed by atoms with Crippen LogP contribution in [0.5, 0.6) is 0 Å². The lowest BCUT2D eigenvalue weighted by atomic mass is 10.0. The molecule has 168 valence electrons. The minimum atomic E-state index is -0.558. The van der Waals surface area contributed by atoms with E-state index in [0.29, 0.717) is 21.4 Å². The topological polar surface area (TPSA) is 51.5 Å². The summed E-state index contributed by atoms with van der Waals surface area (Å²) in [5.74, 6) is -0.845. The average Bonchev–Trinajstić information content (AvgIpc) is 3.22. The Labute approximate surface area is 202 Å². The summed E-state index contributed by atoms with van der Waals surface area (Å²) in [6, 6.07) is 16.6. The fraction of sp³-hybridized carbons (Fsp3) is 0.154. The van der Waals surface area contributed by atoms with Gasteiger partial charge < -0.3 is 9.30 Å². The molecule has 0 fully saturated rings. The van der Waals surface area contributed by atoms with E-state index in [-0.39, 0.29) is 17.1 Å². The minimum absolute atomic E-state index is 0.247. The Bertz CT molecular complexity index is 1340. The Hall–Kier alpha value is -3.28. The molecule has 0 aliphatic carbocycles. The van der Waals surface area contributed by atoms with Gasteiger partial charge in [-0.2, -0.15) is 0 Å². The molecule has 0 radical (unpaired) electrons. The van der Waals surface area contributed by atoms with Gasteiger partial charge in [-0.05, 0) is 62.7 Å². The predicted octanol–water partition coefficient (Wildman–Crippen LogP) is 6.28. The van der Waals surface area contributed by atoms with E-state index in [2.05, 4.69) is 0 Å². The maximum Gasteiger partial charge on any atom is 0.340 e. The maximum atomic E-state index is 13.5. The fourth-order valence-corrected chi connectivity index (χ4v) is 4.57. The highest BCUT2D eigenvalue weighted by Crippen LogP contribution is 2.37. The van der Waals surface area contributed by atoms with Crippen molar-refractivity contribution in [2.75, 3.05) is 12.0 Å². The number of hydrogen-bond acceptors (Lipinski definition) is 3. The Morgan fingerprint density at radius 1 is 1.00 bits per heavy atom. The van der Waals surface area contributed by atoms with Crippen LogP contribution in [0.2, 0.25) is 10.0 Å². The molecule has 0 saturated carbocycles. The Kier molecular flexibility index (Phi) is 6.19. The van der Waals surface area contributed by atoms with E-state index in [4.69, 9.17) is 27.9 Å². The van der Waals surface area contributed by atoms with E-state index in [9.17, 15) is 9.59 Å². The van der Waals surface area contributed by atoms with Crippen LogP contribution in [0.25, 0.3) is 11.8 Å². The molecule has 2 heterocycles. The zero-order chi connectivity index (χ0) is 23.9. The predicted molar refractivity (Wildman–Crippen MR) is 132 cm³/mol. The molecule has 0 N–H and O–H groups in total. The normalized spacial score (nSPS) is 15.0. The summed E-state index contributed by atoms with van der Waals surface area (Å²) in [5.41, 5.74) is 5.03. The highest BCUT2D eigenvalue weighted by atomic mass is 35.5. The fourth-order valence-electron chi connectivity index (χ4n) is 4.19. The van der Waals surface area contributed by atoms with E-state index in [0.717, 1.165) is 22.6 Å². The number of allylic oxidation sites excluding steroid dienone is 1. The molecule has 33 heavy (non-hydrogen) atoms. The molecule has 0 atom stereocenters. The van der Waals surface area contributed by atoms with Crippen molar-refractivity contribution in [2.45, 2.75) is 20.8 Å². The van der Waals surface area contributed by atoms with E-state index in [1.165, 1.54) is 12.0 Å². The van der Waals surface area contributed by atoms with E-state index in [1.807, 2.05) is 66.9 Å². The van der Waals surface area contributed by atoms with Crippen LogP contribution in [0.1, 0.15) is 23.9 Å². The Balaban J connectivity index is 1.87. The van der Waals surface area contributed by atoms with Gasteiger partial charge >= 0.3 is 5.97 Å². The molecule has 0 spiro atoms. The first kappa shape index (κ1) is 22.9. The first-order valence-corrected chi connectivity index (χ1v) is 11.1. The molecular weight excluding hydrogens is 459 g/mol. The van der Waals surface area contributed by atoms with E-state index in [1.54, 1.807) is 19.1 Å². The van der Waals surface area contributed by atoms with Crippen LogP contribution in [-0.4, -0.2) is 23.6 Å². The van der Waals surface area contributed by atoms with E-state index >= 15 is 0 Å². The molecule has 1 amide bonds. The number of nitrogens with zero attached hydrogens (tertiary/aromatic N) is 2. The monoisotopic (exact) mass is 480 g/mol. The van der Waals surface area contributed by atoms with Crippen LogP contribution in [0.3, 0.4) is 0 Å². The van der Waals surface area contributed by atoms with Crippen LogP contribution >= 0.6 is 23.2 Å². The number of anilines is 1. The quantitative estimate of drug-likeness (QED) is 0.326. The van der Waals surface area contributed by atoms with Crippen LogP contribution in [0.15, 0.2) is 71.4 Å². The highest BCUT2D eigenvalue weighted by Gasteiger charge is 2.38. The number of methoxy groups -OCH3 is 1. The smallest absolute Gasteiger partial charge is 0.340 e. The van der Waals surface area contributed by atoms with Crippen molar-refractivity contribution in [2.24, 2.45) is 0 Å². The van der Waals surface area contributed by atoms with Crippen molar-refractivity contribution in [3.05, 3.63) is 98.4 Å². The minimum Gasteiger partial charge on any atom is -0.465 e. The van der Waals surface area contributed by atoms with Crippen LogP contribution < -0.4 is 4.90 Å². The van der Waals surface area contributed by atoms with E-state index < -0.39 is 5.97 Å². The lowest BCUT2D eigenvalue weighted by Crippen LogP contribution is -2.24. The molecule has 7 heteroatoms. The zero-order valence-electron chi connectivity index (χ0n) is 18.6. The van der Waals surface area contributed by atoms with Crippen molar-refractivity contribution in [1.82, 2.24) is 4.57 Å². The van der Waals surface area contributed by atoms with Crippen molar-refractivity contribution >= 4 is 46.8 Å². The van der Waals surface area contributed by atoms with Crippen LogP contribution in [0.4, 0.5) is 5.69 Å². The third kappa shape index (κ3) is 3.88. The number of halogens is 2. The molecule has 1 aliphatic rings. The Morgan fingerprint density at radius 2 is 1.70 bits per heavy atom. The molecule has 3 aromatic rings. The molecule has 5 nitrogen and oxygen atoms in total. The van der Waals surface area contributed by atoms with Gasteiger partial charge in [-0.15, -0.1) is 0 Å². The first-order valence-electron chi connectivity index (χ1n) is 10.3. The van der Waals surface area contributed by atoms with Gasteiger partial charge in [-0.3, -0.25) is 9.69 Å². The van der Waals surface area contributed by atoms with Gasteiger partial charge in [0.05, 0.1) is 34.0 Å². The standard InChI is InChI=1S/C26H22Cl2N2O3/c1-15-13-18(16(2)29(15)22-12-8-11-21(27)24(22)28)14-20-23(26(32)33-4)17(3)30(25(20)31)19-9-6-5-7-10-19/h5-14H,1-4H3/b20-14-. The number of rotatable bonds is 4. The van der Waals surface area contributed by atoms with Gasteiger partial charge in [-0.25, -0.2) is 4.79 Å². The molecule has 1 aliphatic heterocycles. The number of para-hydroxylation sites is 1. The molecular formula is C26H22Cl2N2O3. The van der Waals surface area contributed by atoms with Crippen LogP contribution in [-0.2, 0) is 14.3 Å². The number of carbonyl (C=O) groups is 2. The third-order valence-electron chi connectivity index (χ3n) is 5.75. The summed E-state index contributed by atoms with van der Waals surface area (Å²) in [4.78, 5) is 27.7. The number of esters is 1. The largest absolute Gasteiger partial charge is 0.465 e. The highest BCUT2D eigenvalue weighted by molar-refractivity contribution is 6.43. The number of benzene rings is 2. The summed E-state index contributed by atoms with van der Waals surface area (Å²) in [7, 11) is 1.31. The summed E-state index contributed by atoms with van der Waals surface area (Å²) in [6.07, 6.45) is 1.73. The van der Waals surface area contributed by atoms with Crippen molar-refractivity contribution in [3.8, 4) is 5.69 Å². The van der Waals surface area contributed by atoms with Gasteiger partial charge in [0.15, 0.2) is 0 Å². The number of ether oxygens (including phenoxy) is 1. The first-order chi connectivity index (χ1) is 15.8. The van der Waals surface area contributed by atoms with Crippen molar-refractivity contribution in [3.63, 3.8) is 0 Å². The number of amides is 1. The summed E-state index contributed by atoms with van der Waals surface area (Å²) >= 11 is 12.7. The number of carbonyl (C=O) groups excluding carboxylic acids is 2. The van der Waals surface area contributed by atoms with Crippen molar-refractivity contribution in [1.29, 1.82) is 0 Å². The summed E-state index contributed by atoms with van der Waals surface area (Å²) in [6.45, 7) is 5.62. The summed E-state index contributed by atoms with van der Waals surface area (Å²) in [5, 5.41) is 0.899. The number of aromatic nitrogens is 1. The zero-order valence-corrected chi connectivity index (χ0v) is 20.2. The molecule has 1 aromatic heterocycles.